The molecule has 17 heavy (non-hydrogen) atoms. The van der Waals surface area contributed by atoms with E-state index in [2.05, 4.69) is 5.32 Å². The molecular weight excluding hydrogens is 224 g/mol. The van der Waals surface area contributed by atoms with Gasteiger partial charge in [0.05, 0.1) is 11.6 Å². The van der Waals surface area contributed by atoms with Crippen molar-refractivity contribution in [3.05, 3.63) is 35.6 Å². The maximum absolute atomic E-state index is 13.6. The molecule has 1 N–H and O–H groups in total. The lowest BCUT2D eigenvalue weighted by Gasteiger charge is -2.01. The topological polar surface area (TPSA) is 25.2 Å². The van der Waals surface area contributed by atoms with Gasteiger partial charge in [0.15, 0.2) is 0 Å². The van der Waals surface area contributed by atoms with Gasteiger partial charge in [-0.2, -0.15) is 0 Å². The van der Waals surface area contributed by atoms with Crippen LogP contribution in [0.3, 0.4) is 0 Å². The van der Waals surface area contributed by atoms with Crippen LogP contribution in [0.25, 0.3) is 11.0 Å². The molecule has 0 aliphatic heterocycles. The van der Waals surface area contributed by atoms with Gasteiger partial charge in [-0.05, 0) is 25.8 Å². The van der Waals surface area contributed by atoms with Gasteiger partial charge in [-0.15, -0.1) is 0 Å². The lowest BCUT2D eigenvalue weighted by Crippen LogP contribution is -2.19. The summed E-state index contributed by atoms with van der Waals surface area (Å²) in [5.41, 5.74) is 1.08. The fourth-order valence-electron chi connectivity index (χ4n) is 2.03. The first-order valence-corrected chi connectivity index (χ1v) is 5.82. The minimum atomic E-state index is -0.605. The van der Waals surface area contributed by atoms with Crippen LogP contribution in [0.1, 0.15) is 18.4 Å². The molecule has 0 atom stereocenters. The fourth-order valence-corrected chi connectivity index (χ4v) is 2.03. The number of hydrogen-bond acceptors (Lipinski definition) is 2. The molecular formula is C13H13F2NO. The maximum Gasteiger partial charge on any atom is 0.140 e. The van der Waals surface area contributed by atoms with Crippen molar-refractivity contribution in [3.8, 4) is 0 Å². The lowest BCUT2D eigenvalue weighted by molar-refractivity contribution is 0.576. The van der Waals surface area contributed by atoms with Gasteiger partial charge in [0.1, 0.15) is 17.2 Å². The highest BCUT2D eigenvalue weighted by atomic mass is 19.1. The summed E-state index contributed by atoms with van der Waals surface area (Å²) in [7, 11) is 0. The average Bonchev–Trinajstić information content (AvgIpc) is 3.00. The van der Waals surface area contributed by atoms with Crippen molar-refractivity contribution in [2.75, 3.05) is 6.54 Å². The third-order valence-electron chi connectivity index (χ3n) is 3.07. The molecule has 1 aromatic heterocycles. The van der Waals surface area contributed by atoms with Crippen molar-refractivity contribution in [2.24, 2.45) is 0 Å². The number of halogens is 2. The normalized spacial score (nSPS) is 15.6. The van der Waals surface area contributed by atoms with E-state index in [0.29, 0.717) is 17.8 Å². The van der Waals surface area contributed by atoms with Crippen LogP contribution >= 0.6 is 0 Å². The molecule has 0 unspecified atom stereocenters. The maximum atomic E-state index is 13.6. The Morgan fingerprint density at radius 3 is 2.88 bits per heavy atom. The van der Waals surface area contributed by atoms with Gasteiger partial charge in [-0.1, -0.05) is 0 Å². The molecule has 1 aliphatic carbocycles. The van der Waals surface area contributed by atoms with E-state index < -0.39 is 11.6 Å². The SMILES string of the molecule is Fc1cc(F)c2c(CCNC3CC3)coc2c1. The number of rotatable bonds is 4. The van der Waals surface area contributed by atoms with Crippen molar-refractivity contribution in [1.29, 1.82) is 0 Å². The lowest BCUT2D eigenvalue weighted by atomic mass is 10.1. The summed E-state index contributed by atoms with van der Waals surface area (Å²) in [6, 6.07) is 2.75. The zero-order valence-electron chi connectivity index (χ0n) is 9.30. The molecule has 2 nitrogen and oxygen atoms in total. The summed E-state index contributed by atoms with van der Waals surface area (Å²) in [6.07, 6.45) is 4.67. The quantitative estimate of drug-likeness (QED) is 0.884. The Morgan fingerprint density at radius 1 is 1.29 bits per heavy atom. The Bertz CT molecular complexity index is 546. The number of benzene rings is 1. The van der Waals surface area contributed by atoms with Crippen LogP contribution in [0.5, 0.6) is 0 Å². The van der Waals surface area contributed by atoms with E-state index >= 15 is 0 Å². The van der Waals surface area contributed by atoms with Gasteiger partial charge in [0.25, 0.3) is 0 Å². The Hall–Kier alpha value is -1.42. The van der Waals surface area contributed by atoms with Gasteiger partial charge in [-0.3, -0.25) is 0 Å². The molecule has 1 aliphatic rings. The third kappa shape index (κ3) is 2.17. The molecule has 0 saturated heterocycles. The Morgan fingerprint density at radius 2 is 2.12 bits per heavy atom. The summed E-state index contributed by atoms with van der Waals surface area (Å²) in [6.45, 7) is 0.802. The molecule has 1 fully saturated rings. The van der Waals surface area contributed by atoms with Crippen LogP contribution in [0.15, 0.2) is 22.8 Å². The van der Waals surface area contributed by atoms with Crippen molar-refractivity contribution < 1.29 is 13.2 Å². The first-order valence-electron chi connectivity index (χ1n) is 5.82. The van der Waals surface area contributed by atoms with E-state index in [1.807, 2.05) is 0 Å². The summed E-state index contributed by atoms with van der Waals surface area (Å²) in [5, 5.41) is 3.76. The summed E-state index contributed by atoms with van der Waals surface area (Å²) < 4.78 is 31.8. The molecule has 1 heterocycles. The van der Waals surface area contributed by atoms with Crippen LogP contribution in [0.4, 0.5) is 8.78 Å². The average molecular weight is 237 g/mol. The van der Waals surface area contributed by atoms with Gasteiger partial charge < -0.3 is 9.73 Å². The van der Waals surface area contributed by atoms with Crippen molar-refractivity contribution in [1.82, 2.24) is 5.32 Å². The third-order valence-corrected chi connectivity index (χ3v) is 3.07. The second-order valence-corrected chi connectivity index (χ2v) is 4.50. The zero-order chi connectivity index (χ0) is 11.8. The fraction of sp³-hybridized carbons (Fsp3) is 0.385. The summed E-state index contributed by atoms with van der Waals surface area (Å²) in [4.78, 5) is 0. The highest BCUT2D eigenvalue weighted by Gasteiger charge is 2.20. The Balaban J connectivity index is 1.83. The van der Waals surface area contributed by atoms with Crippen molar-refractivity contribution in [2.45, 2.75) is 25.3 Å². The van der Waals surface area contributed by atoms with E-state index in [0.717, 1.165) is 18.2 Å². The Kier molecular flexibility index (Phi) is 2.59. The van der Waals surface area contributed by atoms with Crippen molar-refractivity contribution in [3.63, 3.8) is 0 Å². The molecule has 4 heteroatoms. The van der Waals surface area contributed by atoms with Gasteiger partial charge in [0.2, 0.25) is 0 Å². The molecule has 0 bridgehead atoms. The molecule has 0 radical (unpaired) electrons. The van der Waals surface area contributed by atoms with Gasteiger partial charge in [-0.25, -0.2) is 8.78 Å². The number of fused-ring (bicyclic) bond motifs is 1. The first-order chi connectivity index (χ1) is 8.24. The van der Waals surface area contributed by atoms with E-state index in [4.69, 9.17) is 4.42 Å². The second kappa shape index (κ2) is 4.11. The first kappa shape index (κ1) is 10.7. The molecule has 1 aromatic carbocycles. The minimum Gasteiger partial charge on any atom is -0.464 e. The zero-order valence-corrected chi connectivity index (χ0v) is 9.30. The molecule has 3 rings (SSSR count). The predicted octanol–water partition coefficient (Wildman–Crippen LogP) is 3.01. The number of furan rings is 1. The molecule has 0 amide bonds. The van der Waals surface area contributed by atoms with Crippen LogP contribution in [0.2, 0.25) is 0 Å². The highest BCUT2D eigenvalue weighted by Crippen LogP contribution is 2.26. The van der Waals surface area contributed by atoms with Crippen LogP contribution in [-0.4, -0.2) is 12.6 Å². The summed E-state index contributed by atoms with van der Waals surface area (Å²) in [5.74, 6) is -1.15. The van der Waals surface area contributed by atoms with Crippen molar-refractivity contribution >= 4 is 11.0 Å². The summed E-state index contributed by atoms with van der Waals surface area (Å²) >= 11 is 0. The number of hydrogen-bond donors (Lipinski definition) is 1. The van der Waals surface area contributed by atoms with E-state index in [1.54, 1.807) is 0 Å². The number of nitrogens with one attached hydrogen (secondary N) is 1. The largest absolute Gasteiger partial charge is 0.464 e. The predicted molar refractivity (Wildman–Crippen MR) is 60.9 cm³/mol. The second-order valence-electron chi connectivity index (χ2n) is 4.50. The van der Waals surface area contributed by atoms with Crippen LogP contribution < -0.4 is 5.32 Å². The Labute approximate surface area is 97.6 Å². The van der Waals surface area contributed by atoms with Crippen LogP contribution in [-0.2, 0) is 6.42 Å². The highest BCUT2D eigenvalue weighted by molar-refractivity contribution is 5.81. The molecule has 90 valence electrons. The van der Waals surface area contributed by atoms with Gasteiger partial charge in [0, 0.05) is 23.7 Å². The molecule has 1 saturated carbocycles. The van der Waals surface area contributed by atoms with Gasteiger partial charge >= 0.3 is 0 Å². The molecule has 0 spiro atoms. The minimum absolute atomic E-state index is 0.281. The van der Waals surface area contributed by atoms with Crippen LogP contribution in [0, 0.1) is 11.6 Å². The monoisotopic (exact) mass is 237 g/mol. The molecule has 2 aromatic rings. The standard InChI is InChI=1S/C13H13F2NO/c14-9-5-11(15)13-8(7-17-12(13)6-9)3-4-16-10-1-2-10/h5-7,10,16H,1-4H2. The van der Waals surface area contributed by atoms with E-state index in [-0.39, 0.29) is 5.58 Å². The van der Waals surface area contributed by atoms with E-state index in [9.17, 15) is 8.78 Å². The van der Waals surface area contributed by atoms with E-state index in [1.165, 1.54) is 25.2 Å². The smallest absolute Gasteiger partial charge is 0.140 e.